The number of nitrogens with one attached hydrogen (secondary N) is 2. The van der Waals surface area contributed by atoms with Crippen molar-refractivity contribution in [3.8, 4) is 0 Å². The van der Waals surface area contributed by atoms with Gasteiger partial charge in [-0.15, -0.1) is 35.3 Å². The zero-order valence-corrected chi connectivity index (χ0v) is 19.8. The van der Waals surface area contributed by atoms with Crippen molar-refractivity contribution in [1.29, 1.82) is 0 Å². The van der Waals surface area contributed by atoms with Crippen molar-refractivity contribution in [3.05, 3.63) is 16.1 Å². The Labute approximate surface area is 178 Å². The molecule has 10 heteroatoms. The maximum Gasteiger partial charge on any atom is 0.211 e. The van der Waals surface area contributed by atoms with E-state index in [0.717, 1.165) is 30.1 Å². The van der Waals surface area contributed by atoms with E-state index in [0.29, 0.717) is 31.5 Å². The SMILES string of the molecule is CCNC(=NCc1nc(C(C)C)cs1)NC[C@H]1CCCN1S(C)(=O)=O.I. The molecule has 1 fully saturated rings. The van der Waals surface area contributed by atoms with E-state index >= 15 is 0 Å². The Bertz CT molecular complexity index is 691. The minimum atomic E-state index is -3.15. The third-order valence-electron chi connectivity index (χ3n) is 4.13. The maximum absolute atomic E-state index is 11.8. The Morgan fingerprint density at radius 2 is 2.19 bits per heavy atom. The molecule has 0 aliphatic carbocycles. The fourth-order valence-electron chi connectivity index (χ4n) is 2.82. The quantitative estimate of drug-likeness (QED) is 0.331. The van der Waals surface area contributed by atoms with Gasteiger partial charge in [-0.05, 0) is 25.7 Å². The number of thiazole rings is 1. The van der Waals surface area contributed by atoms with Gasteiger partial charge in [0.25, 0.3) is 0 Å². The van der Waals surface area contributed by atoms with Gasteiger partial charge in [0.2, 0.25) is 10.0 Å². The van der Waals surface area contributed by atoms with Crippen LogP contribution in [-0.4, -0.2) is 55.6 Å². The second-order valence-corrected chi connectivity index (χ2v) is 9.44. The number of aliphatic imine (C=N–C) groups is 1. The Morgan fingerprint density at radius 1 is 1.46 bits per heavy atom. The molecule has 0 bridgehead atoms. The molecule has 0 radical (unpaired) electrons. The monoisotopic (exact) mass is 515 g/mol. The average molecular weight is 515 g/mol. The Hall–Kier alpha value is -0.460. The van der Waals surface area contributed by atoms with Crippen molar-refractivity contribution in [2.24, 2.45) is 4.99 Å². The summed E-state index contributed by atoms with van der Waals surface area (Å²) in [4.78, 5) is 9.17. The van der Waals surface area contributed by atoms with Crippen LogP contribution in [0.2, 0.25) is 0 Å². The molecule has 26 heavy (non-hydrogen) atoms. The molecule has 1 aliphatic rings. The van der Waals surface area contributed by atoms with E-state index in [1.165, 1.54) is 6.26 Å². The van der Waals surface area contributed by atoms with Gasteiger partial charge in [-0.3, -0.25) is 0 Å². The third kappa shape index (κ3) is 6.93. The molecule has 7 nitrogen and oxygen atoms in total. The van der Waals surface area contributed by atoms with Crippen LogP contribution in [0.5, 0.6) is 0 Å². The molecule has 150 valence electrons. The molecule has 0 unspecified atom stereocenters. The van der Waals surface area contributed by atoms with Crippen LogP contribution in [-0.2, 0) is 16.6 Å². The van der Waals surface area contributed by atoms with Crippen LogP contribution >= 0.6 is 35.3 Å². The predicted molar refractivity (Wildman–Crippen MR) is 119 cm³/mol. The van der Waals surface area contributed by atoms with Gasteiger partial charge in [-0.2, -0.15) is 4.31 Å². The molecule has 0 saturated carbocycles. The van der Waals surface area contributed by atoms with Crippen LogP contribution in [0.3, 0.4) is 0 Å². The molecule has 1 saturated heterocycles. The highest BCUT2D eigenvalue weighted by molar-refractivity contribution is 14.0. The lowest BCUT2D eigenvalue weighted by molar-refractivity contribution is 0.387. The van der Waals surface area contributed by atoms with Gasteiger partial charge in [-0.25, -0.2) is 18.4 Å². The minimum Gasteiger partial charge on any atom is -0.357 e. The fourth-order valence-corrected chi connectivity index (χ4v) is 4.88. The summed E-state index contributed by atoms with van der Waals surface area (Å²) in [6, 6.07) is -0.00809. The molecule has 1 atom stereocenters. The van der Waals surface area contributed by atoms with E-state index in [1.807, 2.05) is 6.92 Å². The summed E-state index contributed by atoms with van der Waals surface area (Å²) in [6.45, 7) is 8.71. The highest BCUT2D eigenvalue weighted by atomic mass is 127. The lowest BCUT2D eigenvalue weighted by atomic mass is 10.2. The van der Waals surface area contributed by atoms with Crippen LogP contribution in [0.25, 0.3) is 0 Å². The first-order valence-electron chi connectivity index (χ1n) is 8.74. The first-order chi connectivity index (χ1) is 11.8. The first-order valence-corrected chi connectivity index (χ1v) is 11.5. The molecule has 1 aromatic rings. The normalized spacial score (nSPS) is 18.8. The molecular weight excluding hydrogens is 485 g/mol. The molecule has 1 aliphatic heterocycles. The second kappa shape index (κ2) is 10.8. The van der Waals surface area contributed by atoms with Crippen LogP contribution in [0.4, 0.5) is 0 Å². The summed E-state index contributed by atoms with van der Waals surface area (Å²) in [7, 11) is -3.15. The fraction of sp³-hybridized carbons (Fsp3) is 0.750. The Balaban J connectivity index is 0.00000338. The highest BCUT2D eigenvalue weighted by Crippen LogP contribution is 2.20. The zero-order chi connectivity index (χ0) is 18.4. The lowest BCUT2D eigenvalue weighted by Crippen LogP contribution is -2.46. The second-order valence-electron chi connectivity index (χ2n) is 6.57. The van der Waals surface area contributed by atoms with Gasteiger partial charge >= 0.3 is 0 Å². The summed E-state index contributed by atoms with van der Waals surface area (Å²) in [6.07, 6.45) is 3.06. The van der Waals surface area contributed by atoms with Crippen LogP contribution in [0.1, 0.15) is 50.2 Å². The smallest absolute Gasteiger partial charge is 0.211 e. The summed E-state index contributed by atoms with van der Waals surface area (Å²) >= 11 is 1.62. The van der Waals surface area contributed by atoms with Crippen molar-refractivity contribution in [3.63, 3.8) is 0 Å². The molecule has 0 amide bonds. The van der Waals surface area contributed by atoms with Gasteiger partial charge in [0.1, 0.15) is 5.01 Å². The number of rotatable bonds is 7. The number of hydrogen-bond donors (Lipinski definition) is 2. The zero-order valence-electron chi connectivity index (χ0n) is 15.9. The van der Waals surface area contributed by atoms with Crippen molar-refractivity contribution >= 4 is 51.3 Å². The van der Waals surface area contributed by atoms with Gasteiger partial charge in [0.15, 0.2) is 5.96 Å². The van der Waals surface area contributed by atoms with E-state index in [2.05, 4.69) is 39.8 Å². The molecule has 0 aromatic carbocycles. The lowest BCUT2D eigenvalue weighted by Gasteiger charge is -2.23. The predicted octanol–water partition coefficient (Wildman–Crippen LogP) is 2.36. The Kier molecular flexibility index (Phi) is 9.76. The maximum atomic E-state index is 11.8. The van der Waals surface area contributed by atoms with Gasteiger partial charge in [0, 0.05) is 31.1 Å². The molecular formula is C16H30IN5O2S2. The molecule has 2 heterocycles. The number of halogens is 1. The Morgan fingerprint density at radius 3 is 2.77 bits per heavy atom. The van der Waals surface area contributed by atoms with E-state index in [-0.39, 0.29) is 30.0 Å². The highest BCUT2D eigenvalue weighted by Gasteiger charge is 2.31. The minimum absolute atomic E-state index is 0. The number of aromatic nitrogens is 1. The number of hydrogen-bond acceptors (Lipinski definition) is 5. The van der Waals surface area contributed by atoms with E-state index in [4.69, 9.17) is 0 Å². The van der Waals surface area contributed by atoms with Crippen LogP contribution < -0.4 is 10.6 Å². The third-order valence-corrected chi connectivity index (χ3v) is 6.32. The number of nitrogens with zero attached hydrogens (tertiary/aromatic N) is 3. The van der Waals surface area contributed by atoms with Crippen molar-refractivity contribution in [1.82, 2.24) is 19.9 Å². The number of guanidine groups is 1. The van der Waals surface area contributed by atoms with Gasteiger partial charge in [-0.1, -0.05) is 13.8 Å². The molecule has 2 rings (SSSR count). The first kappa shape index (κ1) is 23.6. The van der Waals surface area contributed by atoms with E-state index < -0.39 is 10.0 Å². The molecule has 1 aromatic heterocycles. The van der Waals surface area contributed by atoms with E-state index in [9.17, 15) is 8.42 Å². The van der Waals surface area contributed by atoms with Crippen molar-refractivity contribution < 1.29 is 8.42 Å². The number of sulfonamides is 1. The summed E-state index contributed by atoms with van der Waals surface area (Å²) < 4.78 is 25.2. The van der Waals surface area contributed by atoms with Crippen molar-refractivity contribution in [2.45, 2.75) is 52.1 Å². The molecule has 0 spiro atoms. The average Bonchev–Trinajstić information content (AvgIpc) is 3.18. The van der Waals surface area contributed by atoms with Gasteiger partial charge in [0.05, 0.1) is 18.5 Å². The van der Waals surface area contributed by atoms with E-state index in [1.54, 1.807) is 15.6 Å². The summed E-state index contributed by atoms with van der Waals surface area (Å²) in [5, 5.41) is 9.55. The summed E-state index contributed by atoms with van der Waals surface area (Å²) in [5.41, 5.74) is 1.10. The van der Waals surface area contributed by atoms with Crippen molar-refractivity contribution in [2.75, 3.05) is 25.9 Å². The molecule has 2 N–H and O–H groups in total. The van der Waals surface area contributed by atoms with Crippen LogP contribution in [0, 0.1) is 0 Å². The van der Waals surface area contributed by atoms with Gasteiger partial charge < -0.3 is 10.6 Å². The largest absolute Gasteiger partial charge is 0.357 e. The van der Waals surface area contributed by atoms with Crippen LogP contribution in [0.15, 0.2) is 10.4 Å². The standard InChI is InChI=1S/C16H29N5O2S2.HI/c1-5-17-16(19-10-15-20-14(11-24-15)12(2)3)18-9-13-7-6-8-21(13)25(4,22)23;/h11-13H,5-10H2,1-4H3,(H2,17,18,19);1H/t13-;/m1./s1. The summed E-state index contributed by atoms with van der Waals surface area (Å²) in [5.74, 6) is 1.12. The topological polar surface area (TPSA) is 86.7 Å².